The van der Waals surface area contributed by atoms with Crippen LogP contribution in [0.2, 0.25) is 0 Å². The highest BCUT2D eigenvalue weighted by molar-refractivity contribution is 9.10. The number of hydrogen-bond donors (Lipinski definition) is 0. The van der Waals surface area contributed by atoms with E-state index in [1.807, 2.05) is 28.8 Å². The first-order valence-corrected chi connectivity index (χ1v) is 6.62. The number of hydrogen-bond acceptors (Lipinski definition) is 3. The molecule has 0 atom stereocenters. The maximum absolute atomic E-state index is 5.85. The fourth-order valence-corrected chi connectivity index (χ4v) is 2.39. The molecule has 0 spiro atoms. The Kier molecular flexibility index (Phi) is 3.01. The van der Waals surface area contributed by atoms with Crippen LogP contribution in [0.3, 0.4) is 0 Å². The highest BCUT2D eigenvalue weighted by atomic mass is 79.9. The lowest BCUT2D eigenvalue weighted by Gasteiger charge is -2.08. The molecule has 0 N–H and O–H groups in total. The summed E-state index contributed by atoms with van der Waals surface area (Å²) in [6, 6.07) is 7.99. The summed E-state index contributed by atoms with van der Waals surface area (Å²) < 4.78 is 2.81. The lowest BCUT2D eigenvalue weighted by Crippen LogP contribution is -1.99. The minimum atomic E-state index is 0.312. The van der Waals surface area contributed by atoms with Crippen molar-refractivity contribution in [3.8, 4) is 5.69 Å². The molecule has 6 heteroatoms. The summed E-state index contributed by atoms with van der Waals surface area (Å²) in [5.74, 6) is 1.02. The third-order valence-electron chi connectivity index (χ3n) is 2.65. The number of benzene rings is 1. The molecule has 2 heterocycles. The molecule has 0 aliphatic heterocycles. The highest BCUT2D eigenvalue weighted by Gasteiger charge is 2.09. The third-order valence-corrected chi connectivity index (χ3v) is 3.33. The predicted molar refractivity (Wildman–Crippen MR) is 73.9 cm³/mol. The van der Waals surface area contributed by atoms with E-state index in [4.69, 9.17) is 11.6 Å². The van der Waals surface area contributed by atoms with Gasteiger partial charge in [-0.3, -0.25) is 9.55 Å². The molecule has 3 rings (SSSR count). The Balaban J connectivity index is 2.29. The molecule has 0 radical (unpaired) electrons. The molecule has 0 bridgehead atoms. The normalized spacial score (nSPS) is 11.0. The molecule has 0 aliphatic rings. The molecule has 18 heavy (non-hydrogen) atoms. The number of alkyl halides is 1. The Bertz CT molecular complexity index is 710. The van der Waals surface area contributed by atoms with Crippen molar-refractivity contribution in [3.63, 3.8) is 0 Å². The van der Waals surface area contributed by atoms with E-state index in [-0.39, 0.29) is 0 Å². The molecule has 90 valence electrons. The van der Waals surface area contributed by atoms with E-state index >= 15 is 0 Å². The second-order valence-electron chi connectivity index (χ2n) is 3.75. The van der Waals surface area contributed by atoms with Crippen molar-refractivity contribution >= 4 is 38.4 Å². The van der Waals surface area contributed by atoms with Crippen molar-refractivity contribution in [1.82, 2.24) is 19.7 Å². The standard InChI is InChI=1S/C12H8BrClN4/c13-9-4-8-2-1-3-10(12(8)15-6-9)18-7-16-17-11(18)5-14/h1-4,6-7H,5H2. The molecule has 0 amide bonds. The summed E-state index contributed by atoms with van der Waals surface area (Å²) in [5.41, 5.74) is 1.83. The first-order chi connectivity index (χ1) is 8.79. The number of aromatic nitrogens is 4. The number of rotatable bonds is 2. The van der Waals surface area contributed by atoms with E-state index in [1.165, 1.54) is 0 Å². The first kappa shape index (κ1) is 11.6. The lowest BCUT2D eigenvalue weighted by atomic mass is 10.2. The van der Waals surface area contributed by atoms with Gasteiger partial charge in [-0.1, -0.05) is 12.1 Å². The predicted octanol–water partition coefficient (Wildman–Crippen LogP) is 3.32. The average molecular weight is 324 g/mol. The summed E-state index contributed by atoms with van der Waals surface area (Å²) in [6.07, 6.45) is 3.42. The van der Waals surface area contributed by atoms with E-state index in [1.54, 1.807) is 12.5 Å². The second kappa shape index (κ2) is 4.66. The minimum Gasteiger partial charge on any atom is -0.282 e. The van der Waals surface area contributed by atoms with Gasteiger partial charge in [0.2, 0.25) is 0 Å². The van der Waals surface area contributed by atoms with Crippen molar-refractivity contribution in [2.24, 2.45) is 0 Å². The van der Waals surface area contributed by atoms with Crippen LogP contribution >= 0.6 is 27.5 Å². The molecule has 4 nitrogen and oxygen atoms in total. The van der Waals surface area contributed by atoms with Gasteiger partial charge in [-0.15, -0.1) is 21.8 Å². The molecular weight excluding hydrogens is 316 g/mol. The van der Waals surface area contributed by atoms with Gasteiger partial charge in [0, 0.05) is 16.1 Å². The molecule has 1 aromatic carbocycles. The molecular formula is C12H8BrClN4. The smallest absolute Gasteiger partial charge is 0.152 e. The minimum absolute atomic E-state index is 0.312. The molecule has 0 saturated heterocycles. The van der Waals surface area contributed by atoms with Gasteiger partial charge >= 0.3 is 0 Å². The zero-order chi connectivity index (χ0) is 12.5. The number of para-hydroxylation sites is 1. The molecule has 0 fully saturated rings. The van der Waals surface area contributed by atoms with Crippen molar-refractivity contribution in [1.29, 1.82) is 0 Å². The monoisotopic (exact) mass is 322 g/mol. The molecule has 0 unspecified atom stereocenters. The SMILES string of the molecule is ClCc1nncn1-c1cccc2cc(Br)cnc12. The van der Waals surface area contributed by atoms with E-state index in [0.717, 1.165) is 21.1 Å². The van der Waals surface area contributed by atoms with Crippen molar-refractivity contribution in [2.45, 2.75) is 5.88 Å². The number of halogens is 2. The molecule has 3 aromatic rings. The topological polar surface area (TPSA) is 43.6 Å². The molecule has 0 saturated carbocycles. The fourth-order valence-electron chi connectivity index (χ4n) is 1.86. The van der Waals surface area contributed by atoms with Gasteiger partial charge in [-0.05, 0) is 28.1 Å². The van der Waals surface area contributed by atoms with Crippen LogP contribution in [-0.2, 0) is 5.88 Å². The second-order valence-corrected chi connectivity index (χ2v) is 4.94. The fraction of sp³-hybridized carbons (Fsp3) is 0.0833. The van der Waals surface area contributed by atoms with Crippen molar-refractivity contribution in [2.75, 3.05) is 0 Å². The van der Waals surface area contributed by atoms with Crippen LogP contribution in [0.25, 0.3) is 16.6 Å². The lowest BCUT2D eigenvalue weighted by molar-refractivity contribution is 0.954. The Morgan fingerprint density at radius 3 is 3.06 bits per heavy atom. The summed E-state index contributed by atoms with van der Waals surface area (Å²) in [7, 11) is 0. The Morgan fingerprint density at radius 1 is 1.33 bits per heavy atom. The molecule has 0 aliphatic carbocycles. The van der Waals surface area contributed by atoms with Gasteiger partial charge in [0.25, 0.3) is 0 Å². The quantitative estimate of drug-likeness (QED) is 0.680. The van der Waals surface area contributed by atoms with Crippen molar-refractivity contribution in [3.05, 3.63) is 47.1 Å². The summed E-state index contributed by atoms with van der Waals surface area (Å²) >= 11 is 9.27. The van der Waals surface area contributed by atoms with Crippen LogP contribution in [0.1, 0.15) is 5.82 Å². The van der Waals surface area contributed by atoms with Crippen molar-refractivity contribution < 1.29 is 0 Å². The van der Waals surface area contributed by atoms with Crippen LogP contribution in [0.5, 0.6) is 0 Å². The summed E-state index contributed by atoms with van der Waals surface area (Å²) in [5, 5.41) is 8.92. The average Bonchev–Trinajstić information content (AvgIpc) is 2.85. The van der Waals surface area contributed by atoms with Gasteiger partial charge in [-0.25, -0.2) is 0 Å². The van der Waals surface area contributed by atoms with Crippen LogP contribution in [0.15, 0.2) is 41.3 Å². The summed E-state index contributed by atoms with van der Waals surface area (Å²) in [6.45, 7) is 0. The van der Waals surface area contributed by atoms with E-state index in [9.17, 15) is 0 Å². The highest BCUT2D eigenvalue weighted by Crippen LogP contribution is 2.23. The van der Waals surface area contributed by atoms with Gasteiger partial charge in [0.05, 0.1) is 17.1 Å². The Labute approximate surface area is 117 Å². The summed E-state index contributed by atoms with van der Waals surface area (Å²) in [4.78, 5) is 4.45. The van der Waals surface area contributed by atoms with E-state index in [2.05, 4.69) is 31.1 Å². The van der Waals surface area contributed by atoms with Crippen LogP contribution in [0, 0.1) is 0 Å². The van der Waals surface area contributed by atoms with Crippen LogP contribution in [0.4, 0.5) is 0 Å². The Hall–Kier alpha value is -1.46. The maximum atomic E-state index is 5.85. The molecule has 2 aromatic heterocycles. The number of nitrogens with zero attached hydrogens (tertiary/aromatic N) is 4. The third kappa shape index (κ3) is 1.89. The first-order valence-electron chi connectivity index (χ1n) is 5.29. The zero-order valence-corrected chi connectivity index (χ0v) is 11.6. The van der Waals surface area contributed by atoms with Gasteiger partial charge in [-0.2, -0.15) is 0 Å². The van der Waals surface area contributed by atoms with Crippen LogP contribution < -0.4 is 0 Å². The van der Waals surface area contributed by atoms with E-state index < -0.39 is 0 Å². The van der Waals surface area contributed by atoms with Gasteiger partial charge in [0.15, 0.2) is 5.82 Å². The number of pyridine rings is 1. The largest absolute Gasteiger partial charge is 0.282 e. The zero-order valence-electron chi connectivity index (χ0n) is 9.22. The maximum Gasteiger partial charge on any atom is 0.152 e. The van der Waals surface area contributed by atoms with Gasteiger partial charge < -0.3 is 0 Å². The Morgan fingerprint density at radius 2 is 2.22 bits per heavy atom. The van der Waals surface area contributed by atoms with E-state index in [0.29, 0.717) is 11.7 Å². The van der Waals surface area contributed by atoms with Gasteiger partial charge in [0.1, 0.15) is 6.33 Å². The van der Waals surface area contributed by atoms with Crippen LogP contribution in [-0.4, -0.2) is 19.7 Å². The number of fused-ring (bicyclic) bond motifs is 1.